The number of aryl methyl sites for hydroxylation is 2. The first-order chi connectivity index (χ1) is 11.2. The molecular weight excluding hydrogens is 306 g/mol. The third kappa shape index (κ3) is 3.53. The third-order valence-electron chi connectivity index (χ3n) is 3.74. The molecule has 0 radical (unpaired) electrons. The molecule has 0 amide bonds. The Balaban J connectivity index is 1.62. The lowest BCUT2D eigenvalue weighted by molar-refractivity contribution is 0.738. The fourth-order valence-electron chi connectivity index (χ4n) is 2.49. The highest BCUT2D eigenvalue weighted by Crippen LogP contribution is 2.15. The van der Waals surface area contributed by atoms with Gasteiger partial charge in [-0.2, -0.15) is 0 Å². The number of rotatable bonds is 4. The molecule has 0 atom stereocenters. The van der Waals surface area contributed by atoms with Crippen LogP contribution < -0.4 is 10.6 Å². The van der Waals surface area contributed by atoms with Gasteiger partial charge in [0.2, 0.25) is 0 Å². The molecule has 0 fully saturated rings. The topological polar surface area (TPSA) is 54.2 Å². The molecule has 3 aromatic rings. The summed E-state index contributed by atoms with van der Waals surface area (Å²) in [4.78, 5) is 11.6. The highest BCUT2D eigenvalue weighted by molar-refractivity contribution is 7.11. The maximum absolute atomic E-state index is 4.66. The Morgan fingerprint density at radius 1 is 1.17 bits per heavy atom. The van der Waals surface area contributed by atoms with Crippen LogP contribution in [0.4, 0.5) is 0 Å². The van der Waals surface area contributed by atoms with Crippen molar-refractivity contribution in [2.75, 3.05) is 7.05 Å². The minimum absolute atomic E-state index is 0.633. The molecule has 0 aliphatic heterocycles. The van der Waals surface area contributed by atoms with Gasteiger partial charge in [0.25, 0.3) is 0 Å². The minimum Gasteiger partial charge on any atom is -0.352 e. The second-order valence-corrected chi connectivity index (χ2v) is 6.74. The van der Waals surface area contributed by atoms with Crippen LogP contribution >= 0.6 is 11.3 Å². The van der Waals surface area contributed by atoms with Crippen molar-refractivity contribution in [2.45, 2.75) is 20.0 Å². The molecule has 0 aliphatic rings. The van der Waals surface area contributed by atoms with Gasteiger partial charge < -0.3 is 15.2 Å². The Bertz CT molecular complexity index is 830. The van der Waals surface area contributed by atoms with Gasteiger partial charge in [0.1, 0.15) is 5.82 Å². The zero-order chi connectivity index (χ0) is 16.2. The number of aliphatic imine (C=N–C) groups is 1. The van der Waals surface area contributed by atoms with Gasteiger partial charge in [0.15, 0.2) is 5.96 Å². The van der Waals surface area contributed by atoms with Gasteiger partial charge >= 0.3 is 0 Å². The van der Waals surface area contributed by atoms with Gasteiger partial charge in [0, 0.05) is 23.8 Å². The van der Waals surface area contributed by atoms with Crippen LogP contribution in [-0.2, 0) is 20.1 Å². The number of benzene rings is 1. The number of aromatic nitrogens is 2. The molecule has 2 heterocycles. The summed E-state index contributed by atoms with van der Waals surface area (Å²) >= 11 is 1.80. The summed E-state index contributed by atoms with van der Waals surface area (Å²) in [5.74, 6) is 1.77. The van der Waals surface area contributed by atoms with Crippen LogP contribution in [0.25, 0.3) is 11.0 Å². The molecule has 2 N–H and O–H groups in total. The van der Waals surface area contributed by atoms with Gasteiger partial charge in [-0.3, -0.25) is 4.99 Å². The normalized spacial score (nSPS) is 11.9. The SMILES string of the molecule is CN=C(NCc1ccc(C)s1)NCc1nc2ccccc2n1C. The van der Waals surface area contributed by atoms with E-state index < -0.39 is 0 Å². The van der Waals surface area contributed by atoms with Crippen LogP contribution in [-0.4, -0.2) is 22.6 Å². The maximum atomic E-state index is 4.66. The standard InChI is InChI=1S/C17H21N5S/c1-12-8-9-13(23-12)10-19-17(18-2)20-11-16-21-14-6-4-5-7-15(14)22(16)3/h4-9H,10-11H2,1-3H3,(H2,18,19,20). The van der Waals surface area contributed by atoms with E-state index in [4.69, 9.17) is 0 Å². The number of para-hydroxylation sites is 2. The Morgan fingerprint density at radius 3 is 2.65 bits per heavy atom. The van der Waals surface area contributed by atoms with Gasteiger partial charge in [-0.1, -0.05) is 12.1 Å². The van der Waals surface area contributed by atoms with E-state index in [2.05, 4.69) is 50.3 Å². The average Bonchev–Trinajstić information content (AvgIpc) is 3.12. The van der Waals surface area contributed by atoms with Crippen LogP contribution in [0.1, 0.15) is 15.6 Å². The zero-order valence-electron chi connectivity index (χ0n) is 13.6. The summed E-state index contributed by atoms with van der Waals surface area (Å²) in [5, 5.41) is 6.66. The molecule has 0 aliphatic carbocycles. The Labute approximate surface area is 140 Å². The second kappa shape index (κ2) is 6.83. The number of guanidine groups is 1. The summed E-state index contributed by atoms with van der Waals surface area (Å²) in [7, 11) is 3.82. The molecule has 23 heavy (non-hydrogen) atoms. The Hall–Kier alpha value is -2.34. The average molecular weight is 327 g/mol. The van der Waals surface area contributed by atoms with Gasteiger partial charge in [-0.25, -0.2) is 4.98 Å². The molecule has 5 nitrogen and oxygen atoms in total. The number of nitrogens with one attached hydrogen (secondary N) is 2. The van der Waals surface area contributed by atoms with Crippen molar-refractivity contribution in [3.63, 3.8) is 0 Å². The highest BCUT2D eigenvalue weighted by Gasteiger charge is 2.07. The minimum atomic E-state index is 0.633. The van der Waals surface area contributed by atoms with Crippen molar-refractivity contribution >= 4 is 28.3 Å². The summed E-state index contributed by atoms with van der Waals surface area (Å²) in [6.07, 6.45) is 0. The molecule has 0 unspecified atom stereocenters. The van der Waals surface area contributed by atoms with Crippen molar-refractivity contribution in [2.24, 2.45) is 12.0 Å². The van der Waals surface area contributed by atoms with Crippen molar-refractivity contribution in [1.29, 1.82) is 0 Å². The summed E-state index contributed by atoms with van der Waals surface area (Å²) in [6.45, 7) is 3.53. The maximum Gasteiger partial charge on any atom is 0.191 e. The van der Waals surface area contributed by atoms with Gasteiger partial charge in [-0.15, -0.1) is 11.3 Å². The summed E-state index contributed by atoms with van der Waals surface area (Å²) in [5.41, 5.74) is 2.16. The van der Waals surface area contributed by atoms with E-state index in [9.17, 15) is 0 Å². The van der Waals surface area contributed by atoms with Crippen LogP contribution in [0.2, 0.25) is 0 Å². The van der Waals surface area contributed by atoms with Crippen LogP contribution in [0, 0.1) is 6.92 Å². The van der Waals surface area contributed by atoms with Gasteiger partial charge in [0.05, 0.1) is 24.1 Å². The fraction of sp³-hybridized carbons (Fsp3) is 0.294. The first kappa shape index (κ1) is 15.6. The van der Waals surface area contributed by atoms with Crippen LogP contribution in [0.3, 0.4) is 0 Å². The quantitative estimate of drug-likeness (QED) is 0.572. The van der Waals surface area contributed by atoms with E-state index in [1.807, 2.05) is 25.2 Å². The number of hydrogen-bond donors (Lipinski definition) is 2. The highest BCUT2D eigenvalue weighted by atomic mass is 32.1. The molecule has 0 saturated carbocycles. The number of nitrogens with zero attached hydrogens (tertiary/aromatic N) is 3. The molecule has 0 saturated heterocycles. The fourth-order valence-corrected chi connectivity index (χ4v) is 3.32. The largest absolute Gasteiger partial charge is 0.352 e. The molecule has 0 spiro atoms. The molecule has 6 heteroatoms. The Morgan fingerprint density at radius 2 is 1.96 bits per heavy atom. The molecule has 0 bridgehead atoms. The molecule has 1 aromatic carbocycles. The lowest BCUT2D eigenvalue weighted by Crippen LogP contribution is -2.36. The van der Waals surface area contributed by atoms with Crippen molar-refractivity contribution in [3.8, 4) is 0 Å². The predicted octanol–water partition coefficient (Wildman–Crippen LogP) is 2.81. The smallest absolute Gasteiger partial charge is 0.191 e. The molecule has 120 valence electrons. The first-order valence-electron chi connectivity index (χ1n) is 7.57. The molecular formula is C17H21N5S. The van der Waals surface area contributed by atoms with Gasteiger partial charge in [-0.05, 0) is 31.2 Å². The summed E-state index contributed by atoms with van der Waals surface area (Å²) in [6, 6.07) is 12.4. The summed E-state index contributed by atoms with van der Waals surface area (Å²) < 4.78 is 2.11. The lowest BCUT2D eigenvalue weighted by atomic mass is 10.3. The van der Waals surface area contributed by atoms with Crippen LogP contribution in [0.15, 0.2) is 41.4 Å². The number of hydrogen-bond acceptors (Lipinski definition) is 3. The number of thiophene rings is 1. The third-order valence-corrected chi connectivity index (χ3v) is 4.74. The Kier molecular flexibility index (Phi) is 4.62. The van der Waals surface area contributed by atoms with E-state index in [-0.39, 0.29) is 0 Å². The number of fused-ring (bicyclic) bond motifs is 1. The van der Waals surface area contributed by atoms with E-state index in [0.717, 1.165) is 29.4 Å². The van der Waals surface area contributed by atoms with Crippen LogP contribution in [0.5, 0.6) is 0 Å². The van der Waals surface area contributed by atoms with E-state index in [1.54, 1.807) is 18.4 Å². The van der Waals surface area contributed by atoms with E-state index in [1.165, 1.54) is 9.75 Å². The molecule has 2 aromatic heterocycles. The van der Waals surface area contributed by atoms with Crippen molar-refractivity contribution < 1.29 is 0 Å². The second-order valence-electron chi connectivity index (χ2n) is 5.37. The number of imidazole rings is 1. The van der Waals surface area contributed by atoms with E-state index in [0.29, 0.717) is 6.54 Å². The zero-order valence-corrected chi connectivity index (χ0v) is 14.4. The van der Waals surface area contributed by atoms with E-state index >= 15 is 0 Å². The lowest BCUT2D eigenvalue weighted by Gasteiger charge is -2.11. The van der Waals surface area contributed by atoms with Crippen molar-refractivity contribution in [1.82, 2.24) is 20.2 Å². The molecule has 3 rings (SSSR count). The predicted molar refractivity (Wildman–Crippen MR) is 96.8 cm³/mol. The monoisotopic (exact) mass is 327 g/mol. The van der Waals surface area contributed by atoms with Crippen molar-refractivity contribution in [3.05, 3.63) is 52.0 Å². The first-order valence-corrected chi connectivity index (χ1v) is 8.39.